The van der Waals surface area contributed by atoms with E-state index in [1.807, 2.05) is 36.1 Å². The number of hydrogen-bond acceptors (Lipinski definition) is 6. The number of nitrogens with zero attached hydrogens (tertiary/aromatic N) is 3. The maximum absolute atomic E-state index is 13.0. The first-order chi connectivity index (χ1) is 16.3. The van der Waals surface area contributed by atoms with Gasteiger partial charge in [-0.3, -0.25) is 14.9 Å². The number of likely N-dealkylation sites (tertiary alicyclic amines) is 1. The standard InChI is InChI=1S/C25H25N5O4/c1-15-3-5-16(6-4-15)20-28-29-21(34-20)17-11-13-30(14-12-17)22(31)18-7-9-19(10-8-18)25(2)23(32)26-24(33)27-25/h3-10,17H,11-14H2,1-2H3,(H2,26,27,32,33). The van der Waals surface area contributed by atoms with E-state index >= 15 is 0 Å². The number of rotatable bonds is 4. The smallest absolute Gasteiger partial charge is 0.322 e. The molecule has 2 fully saturated rings. The zero-order valence-corrected chi connectivity index (χ0v) is 19.0. The van der Waals surface area contributed by atoms with Crippen LogP contribution in [0, 0.1) is 6.92 Å². The first-order valence-electron chi connectivity index (χ1n) is 11.3. The Morgan fingerprint density at radius 1 is 1.03 bits per heavy atom. The summed E-state index contributed by atoms with van der Waals surface area (Å²) in [6, 6.07) is 14.2. The van der Waals surface area contributed by atoms with Crippen molar-refractivity contribution in [3.8, 4) is 11.5 Å². The number of aromatic nitrogens is 2. The Kier molecular flexibility index (Phi) is 5.39. The Hall–Kier alpha value is -4.01. The summed E-state index contributed by atoms with van der Waals surface area (Å²) < 4.78 is 5.93. The van der Waals surface area contributed by atoms with Crippen LogP contribution in [0.2, 0.25) is 0 Å². The number of benzene rings is 2. The molecule has 4 amide bonds. The molecule has 2 aliphatic heterocycles. The monoisotopic (exact) mass is 459 g/mol. The van der Waals surface area contributed by atoms with Gasteiger partial charge in [0.05, 0.1) is 0 Å². The average molecular weight is 460 g/mol. The molecule has 2 N–H and O–H groups in total. The highest BCUT2D eigenvalue weighted by Gasteiger charge is 2.43. The van der Waals surface area contributed by atoms with Gasteiger partial charge in [-0.05, 0) is 56.5 Å². The van der Waals surface area contributed by atoms with Gasteiger partial charge in [-0.15, -0.1) is 10.2 Å². The molecule has 1 aromatic heterocycles. The van der Waals surface area contributed by atoms with Crippen LogP contribution in [0.1, 0.15) is 53.1 Å². The van der Waals surface area contributed by atoms with Gasteiger partial charge in [0.15, 0.2) is 0 Å². The fraction of sp³-hybridized carbons (Fsp3) is 0.320. The molecule has 9 nitrogen and oxygen atoms in total. The van der Waals surface area contributed by atoms with Crippen molar-refractivity contribution in [1.29, 1.82) is 0 Å². The van der Waals surface area contributed by atoms with Gasteiger partial charge in [0.1, 0.15) is 5.54 Å². The lowest BCUT2D eigenvalue weighted by atomic mass is 9.91. The first kappa shape index (κ1) is 21.8. The van der Waals surface area contributed by atoms with Crippen LogP contribution in [0.15, 0.2) is 52.9 Å². The molecule has 2 aromatic carbocycles. The number of amides is 4. The van der Waals surface area contributed by atoms with Gasteiger partial charge in [0.25, 0.3) is 11.8 Å². The Morgan fingerprint density at radius 2 is 1.71 bits per heavy atom. The van der Waals surface area contributed by atoms with Gasteiger partial charge < -0.3 is 14.6 Å². The molecule has 2 saturated heterocycles. The van der Waals surface area contributed by atoms with Crippen LogP contribution >= 0.6 is 0 Å². The number of imide groups is 1. The number of carbonyl (C=O) groups excluding carboxylic acids is 3. The molecule has 0 bridgehead atoms. The molecule has 5 rings (SSSR count). The first-order valence-corrected chi connectivity index (χ1v) is 11.3. The fourth-order valence-corrected chi connectivity index (χ4v) is 4.42. The van der Waals surface area contributed by atoms with Crippen molar-refractivity contribution >= 4 is 17.8 Å². The summed E-state index contributed by atoms with van der Waals surface area (Å²) in [6.45, 7) is 4.84. The third kappa shape index (κ3) is 3.93. The Morgan fingerprint density at radius 3 is 2.32 bits per heavy atom. The maximum atomic E-state index is 13.0. The van der Waals surface area contributed by atoms with Gasteiger partial charge >= 0.3 is 6.03 Å². The fourth-order valence-electron chi connectivity index (χ4n) is 4.42. The second-order valence-electron chi connectivity index (χ2n) is 8.99. The number of carbonyl (C=O) groups is 3. The van der Waals surface area contributed by atoms with Gasteiger partial charge in [-0.25, -0.2) is 4.79 Å². The molecule has 0 spiro atoms. The summed E-state index contributed by atoms with van der Waals surface area (Å²) in [5, 5.41) is 13.3. The lowest BCUT2D eigenvalue weighted by molar-refractivity contribution is -0.123. The summed E-state index contributed by atoms with van der Waals surface area (Å²) in [4.78, 5) is 38.5. The molecule has 2 aliphatic rings. The molecule has 0 aliphatic carbocycles. The van der Waals surface area contributed by atoms with Crippen molar-refractivity contribution in [3.63, 3.8) is 0 Å². The maximum Gasteiger partial charge on any atom is 0.322 e. The molecular formula is C25H25N5O4. The number of urea groups is 1. The van der Waals surface area contributed by atoms with Crippen molar-refractivity contribution in [2.24, 2.45) is 0 Å². The van der Waals surface area contributed by atoms with Gasteiger partial charge in [-0.2, -0.15) is 0 Å². The Labute approximate surface area is 196 Å². The van der Waals surface area contributed by atoms with E-state index in [1.54, 1.807) is 31.2 Å². The van der Waals surface area contributed by atoms with Crippen molar-refractivity contribution < 1.29 is 18.8 Å². The average Bonchev–Trinajstić information content (AvgIpc) is 3.44. The van der Waals surface area contributed by atoms with Crippen LogP contribution in [0.3, 0.4) is 0 Å². The zero-order chi connectivity index (χ0) is 23.9. The van der Waals surface area contributed by atoms with Crippen LogP contribution in [-0.4, -0.2) is 46.0 Å². The molecular weight excluding hydrogens is 434 g/mol. The van der Waals surface area contributed by atoms with E-state index in [4.69, 9.17) is 4.42 Å². The van der Waals surface area contributed by atoms with E-state index in [1.165, 1.54) is 5.56 Å². The van der Waals surface area contributed by atoms with Crippen LogP contribution in [0.25, 0.3) is 11.5 Å². The normalized spacial score (nSPS) is 20.8. The van der Waals surface area contributed by atoms with Crippen molar-refractivity contribution in [2.45, 2.75) is 38.1 Å². The number of aryl methyl sites for hydroxylation is 1. The molecule has 0 radical (unpaired) electrons. The predicted octanol–water partition coefficient (Wildman–Crippen LogP) is 3.12. The van der Waals surface area contributed by atoms with Crippen molar-refractivity contribution in [1.82, 2.24) is 25.7 Å². The molecule has 0 saturated carbocycles. The Bertz CT molecular complexity index is 1240. The largest absolute Gasteiger partial charge is 0.420 e. The van der Waals surface area contributed by atoms with Crippen molar-refractivity contribution in [2.75, 3.05) is 13.1 Å². The topological polar surface area (TPSA) is 117 Å². The number of nitrogens with one attached hydrogen (secondary N) is 2. The van der Waals surface area contributed by atoms with Crippen LogP contribution in [0.5, 0.6) is 0 Å². The van der Waals surface area contributed by atoms with Crippen LogP contribution in [-0.2, 0) is 10.3 Å². The van der Waals surface area contributed by atoms with E-state index in [-0.39, 0.29) is 11.8 Å². The second kappa shape index (κ2) is 8.40. The van der Waals surface area contributed by atoms with Gasteiger partial charge in [-0.1, -0.05) is 29.8 Å². The summed E-state index contributed by atoms with van der Waals surface area (Å²) in [7, 11) is 0. The number of piperidine rings is 1. The van der Waals surface area contributed by atoms with Crippen molar-refractivity contribution in [3.05, 3.63) is 71.1 Å². The highest BCUT2D eigenvalue weighted by Crippen LogP contribution is 2.30. The minimum atomic E-state index is -1.14. The van der Waals surface area contributed by atoms with Crippen LogP contribution in [0.4, 0.5) is 4.79 Å². The minimum Gasteiger partial charge on any atom is -0.420 e. The Balaban J connectivity index is 1.21. The quantitative estimate of drug-likeness (QED) is 0.579. The number of hydrogen-bond donors (Lipinski definition) is 2. The third-order valence-corrected chi connectivity index (χ3v) is 6.62. The van der Waals surface area contributed by atoms with E-state index < -0.39 is 17.5 Å². The zero-order valence-electron chi connectivity index (χ0n) is 19.0. The highest BCUT2D eigenvalue weighted by atomic mass is 16.4. The predicted molar refractivity (Wildman–Crippen MR) is 123 cm³/mol. The summed E-state index contributed by atoms with van der Waals surface area (Å²) in [5.41, 5.74) is 2.07. The van der Waals surface area contributed by atoms with Gasteiger partial charge in [0.2, 0.25) is 11.8 Å². The molecule has 3 aromatic rings. The molecule has 174 valence electrons. The van der Waals surface area contributed by atoms with E-state index in [0.717, 1.165) is 18.4 Å². The molecule has 9 heteroatoms. The van der Waals surface area contributed by atoms with E-state index in [2.05, 4.69) is 20.8 Å². The molecule has 1 unspecified atom stereocenters. The van der Waals surface area contributed by atoms with E-state index in [0.29, 0.717) is 36.0 Å². The summed E-state index contributed by atoms with van der Waals surface area (Å²) >= 11 is 0. The van der Waals surface area contributed by atoms with Crippen LogP contribution < -0.4 is 10.6 Å². The SMILES string of the molecule is Cc1ccc(-c2nnc(C3CCN(C(=O)c4ccc(C5(C)NC(=O)NC5=O)cc4)CC3)o2)cc1. The second-order valence-corrected chi connectivity index (χ2v) is 8.99. The summed E-state index contributed by atoms with van der Waals surface area (Å²) in [6.07, 6.45) is 1.48. The lowest BCUT2D eigenvalue weighted by Crippen LogP contribution is -2.40. The third-order valence-electron chi connectivity index (χ3n) is 6.62. The van der Waals surface area contributed by atoms with Gasteiger partial charge in [0, 0.05) is 30.1 Å². The summed E-state index contributed by atoms with van der Waals surface area (Å²) in [5.74, 6) is 0.750. The highest BCUT2D eigenvalue weighted by molar-refractivity contribution is 6.07. The molecule has 1 atom stereocenters. The minimum absolute atomic E-state index is 0.0686. The molecule has 3 heterocycles. The molecule has 34 heavy (non-hydrogen) atoms. The van der Waals surface area contributed by atoms with E-state index in [9.17, 15) is 14.4 Å². The lowest BCUT2D eigenvalue weighted by Gasteiger charge is -2.30.